The lowest BCUT2D eigenvalue weighted by atomic mass is 9.98. The van der Waals surface area contributed by atoms with Crippen molar-refractivity contribution < 1.29 is 34.2 Å². The molecule has 1 saturated heterocycles. The number of amides is 4. The van der Waals surface area contributed by atoms with Crippen molar-refractivity contribution in [3.63, 3.8) is 0 Å². The summed E-state index contributed by atoms with van der Waals surface area (Å²) in [7, 11) is 0. The lowest BCUT2D eigenvalue weighted by molar-refractivity contribution is -0.144. The number of nitrogens with two attached hydrogens (primary N) is 1. The van der Waals surface area contributed by atoms with E-state index in [0.29, 0.717) is 19.4 Å². The van der Waals surface area contributed by atoms with Crippen molar-refractivity contribution in [1.82, 2.24) is 21.3 Å². The molecular weight excluding hydrogens is 398 g/mol. The molecule has 0 radical (unpaired) electrons. The summed E-state index contributed by atoms with van der Waals surface area (Å²) in [6, 6.07) is -4.52. The summed E-state index contributed by atoms with van der Waals surface area (Å²) in [6.07, 6.45) is 1.28. The SMILES string of the molecule is CCC(C)C(NC(=O)C(CC(N)=O)NC(=O)C(CO)NC(=O)C1CCCN1)C(=O)O. The molecule has 1 rings (SSSR count). The van der Waals surface area contributed by atoms with Gasteiger partial charge in [0.05, 0.1) is 19.1 Å². The second kappa shape index (κ2) is 12.1. The first kappa shape index (κ1) is 25.3. The standard InChI is InChI=1S/C18H31N5O7/c1-3-9(2)14(18(29)30)23-16(27)11(7-13(19)25)21-17(28)12(8-24)22-15(26)10-5-4-6-20-10/h9-12,14,20,24H,3-8H2,1-2H3,(H2,19,25)(H,21,28)(H,22,26)(H,23,27)(H,29,30). The van der Waals surface area contributed by atoms with Crippen molar-refractivity contribution in [2.24, 2.45) is 11.7 Å². The zero-order valence-corrected chi connectivity index (χ0v) is 17.1. The highest BCUT2D eigenvalue weighted by atomic mass is 16.4. The molecule has 0 spiro atoms. The van der Waals surface area contributed by atoms with E-state index in [4.69, 9.17) is 5.73 Å². The number of hydrogen-bond donors (Lipinski definition) is 7. The topological polar surface area (TPSA) is 200 Å². The van der Waals surface area contributed by atoms with Crippen LogP contribution in [0.4, 0.5) is 0 Å². The lowest BCUT2D eigenvalue weighted by Crippen LogP contribution is -2.59. The van der Waals surface area contributed by atoms with Gasteiger partial charge in [0.25, 0.3) is 0 Å². The zero-order valence-electron chi connectivity index (χ0n) is 17.1. The molecule has 1 heterocycles. The zero-order chi connectivity index (χ0) is 22.8. The summed E-state index contributed by atoms with van der Waals surface area (Å²) < 4.78 is 0. The van der Waals surface area contributed by atoms with Gasteiger partial charge in [-0.25, -0.2) is 4.79 Å². The number of carboxylic acid groups (broad SMARTS) is 1. The van der Waals surface area contributed by atoms with E-state index in [0.717, 1.165) is 6.42 Å². The third-order valence-corrected chi connectivity index (χ3v) is 5.01. The fourth-order valence-corrected chi connectivity index (χ4v) is 2.99. The van der Waals surface area contributed by atoms with Gasteiger partial charge in [-0.2, -0.15) is 0 Å². The van der Waals surface area contributed by atoms with Crippen LogP contribution in [0.2, 0.25) is 0 Å². The van der Waals surface area contributed by atoms with Gasteiger partial charge in [0.1, 0.15) is 18.1 Å². The fraction of sp³-hybridized carbons (Fsp3) is 0.722. The summed E-state index contributed by atoms with van der Waals surface area (Å²) in [4.78, 5) is 59.9. The van der Waals surface area contributed by atoms with Gasteiger partial charge < -0.3 is 37.2 Å². The molecule has 1 aliphatic rings. The number of aliphatic carboxylic acids is 1. The Labute approximate surface area is 174 Å². The molecule has 4 amide bonds. The van der Waals surface area contributed by atoms with E-state index in [-0.39, 0.29) is 0 Å². The first-order chi connectivity index (χ1) is 14.1. The molecule has 0 saturated carbocycles. The van der Waals surface area contributed by atoms with Gasteiger partial charge in [-0.3, -0.25) is 19.2 Å². The summed E-state index contributed by atoms with van der Waals surface area (Å²) in [5.41, 5.74) is 5.14. The molecule has 12 nitrogen and oxygen atoms in total. The maximum absolute atomic E-state index is 12.5. The molecule has 0 aliphatic carbocycles. The smallest absolute Gasteiger partial charge is 0.326 e. The predicted octanol–water partition coefficient (Wildman–Crippen LogP) is -2.81. The number of nitrogens with one attached hydrogen (secondary N) is 4. The minimum absolute atomic E-state index is 0.403. The molecule has 0 aromatic rings. The second-order valence-corrected chi connectivity index (χ2v) is 7.33. The van der Waals surface area contributed by atoms with E-state index < -0.39 is 72.7 Å². The molecular formula is C18H31N5O7. The van der Waals surface area contributed by atoms with Gasteiger partial charge in [0, 0.05) is 0 Å². The van der Waals surface area contributed by atoms with Gasteiger partial charge in [0.2, 0.25) is 23.6 Å². The van der Waals surface area contributed by atoms with Crippen molar-refractivity contribution in [2.75, 3.05) is 13.2 Å². The van der Waals surface area contributed by atoms with Gasteiger partial charge >= 0.3 is 5.97 Å². The molecule has 12 heteroatoms. The maximum Gasteiger partial charge on any atom is 0.326 e. The first-order valence-electron chi connectivity index (χ1n) is 9.87. The number of aliphatic hydroxyl groups excluding tert-OH is 1. The van der Waals surface area contributed by atoms with Crippen LogP contribution in [0, 0.1) is 5.92 Å². The van der Waals surface area contributed by atoms with Crippen molar-refractivity contribution >= 4 is 29.6 Å². The van der Waals surface area contributed by atoms with Crippen molar-refractivity contribution in [3.05, 3.63) is 0 Å². The molecule has 5 unspecified atom stereocenters. The minimum Gasteiger partial charge on any atom is -0.480 e. The van der Waals surface area contributed by atoms with Crippen LogP contribution in [-0.4, -0.2) is 77.1 Å². The number of carbonyl (C=O) groups is 5. The first-order valence-corrected chi connectivity index (χ1v) is 9.87. The van der Waals surface area contributed by atoms with E-state index in [1.807, 2.05) is 0 Å². The Kier molecular flexibility index (Phi) is 10.2. The molecule has 1 fully saturated rings. The molecule has 1 aliphatic heterocycles. The van der Waals surface area contributed by atoms with Crippen molar-refractivity contribution in [3.8, 4) is 0 Å². The molecule has 0 aromatic heterocycles. The Morgan fingerprint density at radius 2 is 1.73 bits per heavy atom. The van der Waals surface area contributed by atoms with Gasteiger partial charge in [-0.05, 0) is 25.3 Å². The number of carbonyl (C=O) groups excluding carboxylic acids is 4. The highest BCUT2D eigenvalue weighted by Crippen LogP contribution is 2.09. The van der Waals surface area contributed by atoms with Crippen LogP contribution in [-0.2, 0) is 24.0 Å². The fourth-order valence-electron chi connectivity index (χ4n) is 2.99. The summed E-state index contributed by atoms with van der Waals surface area (Å²) >= 11 is 0. The minimum atomic E-state index is -1.46. The Morgan fingerprint density at radius 3 is 2.20 bits per heavy atom. The monoisotopic (exact) mass is 429 g/mol. The van der Waals surface area contributed by atoms with Gasteiger partial charge in [-0.1, -0.05) is 20.3 Å². The van der Waals surface area contributed by atoms with Crippen LogP contribution in [0.3, 0.4) is 0 Å². The molecule has 8 N–H and O–H groups in total. The summed E-state index contributed by atoms with van der Waals surface area (Å²) in [5.74, 6) is -4.84. The Morgan fingerprint density at radius 1 is 1.10 bits per heavy atom. The normalized spacial score (nSPS) is 19.8. The number of hydrogen-bond acceptors (Lipinski definition) is 7. The van der Waals surface area contributed by atoms with Crippen LogP contribution in [0.5, 0.6) is 0 Å². The highest BCUT2D eigenvalue weighted by molar-refractivity contribution is 5.96. The number of carboxylic acids is 1. The van der Waals surface area contributed by atoms with Crippen LogP contribution in [0.1, 0.15) is 39.5 Å². The van der Waals surface area contributed by atoms with E-state index in [2.05, 4.69) is 21.3 Å². The maximum atomic E-state index is 12.5. The lowest BCUT2D eigenvalue weighted by Gasteiger charge is -2.25. The average Bonchev–Trinajstić information content (AvgIpc) is 3.22. The van der Waals surface area contributed by atoms with E-state index in [1.165, 1.54) is 0 Å². The van der Waals surface area contributed by atoms with Crippen LogP contribution >= 0.6 is 0 Å². The largest absolute Gasteiger partial charge is 0.480 e. The van der Waals surface area contributed by atoms with E-state index >= 15 is 0 Å². The van der Waals surface area contributed by atoms with Crippen LogP contribution in [0.25, 0.3) is 0 Å². The van der Waals surface area contributed by atoms with Crippen molar-refractivity contribution in [1.29, 1.82) is 0 Å². The third-order valence-electron chi connectivity index (χ3n) is 5.01. The van der Waals surface area contributed by atoms with Gasteiger partial charge in [-0.15, -0.1) is 0 Å². The van der Waals surface area contributed by atoms with Crippen LogP contribution in [0.15, 0.2) is 0 Å². The number of rotatable bonds is 12. The summed E-state index contributed by atoms with van der Waals surface area (Å²) in [5, 5.41) is 28.7. The van der Waals surface area contributed by atoms with E-state index in [1.54, 1.807) is 13.8 Å². The van der Waals surface area contributed by atoms with Crippen LogP contribution < -0.4 is 27.0 Å². The molecule has 5 atom stereocenters. The Balaban J connectivity index is 2.84. The summed E-state index contributed by atoms with van der Waals surface area (Å²) in [6.45, 7) is 3.31. The average molecular weight is 429 g/mol. The molecule has 0 aromatic carbocycles. The number of aliphatic hydroxyl groups is 1. The molecule has 170 valence electrons. The molecule has 0 bridgehead atoms. The van der Waals surface area contributed by atoms with Gasteiger partial charge in [0.15, 0.2) is 0 Å². The Hall–Kier alpha value is -2.73. The number of primary amides is 1. The second-order valence-electron chi connectivity index (χ2n) is 7.33. The Bertz CT molecular complexity index is 651. The quantitative estimate of drug-likeness (QED) is 0.172. The highest BCUT2D eigenvalue weighted by Gasteiger charge is 2.33. The third kappa shape index (κ3) is 7.59. The van der Waals surface area contributed by atoms with E-state index in [9.17, 15) is 34.2 Å². The predicted molar refractivity (Wildman–Crippen MR) is 105 cm³/mol. The van der Waals surface area contributed by atoms with Crippen molar-refractivity contribution in [2.45, 2.75) is 63.7 Å². The molecule has 30 heavy (non-hydrogen) atoms.